The maximum absolute atomic E-state index is 13.0. The summed E-state index contributed by atoms with van der Waals surface area (Å²) >= 11 is 0. The van der Waals surface area contributed by atoms with Gasteiger partial charge in [0, 0.05) is 29.8 Å². The lowest BCUT2D eigenvalue weighted by Crippen LogP contribution is -2.41. The molecule has 0 spiro atoms. The van der Waals surface area contributed by atoms with E-state index in [-0.39, 0.29) is 23.4 Å². The first-order valence-electron chi connectivity index (χ1n) is 7.90. The van der Waals surface area contributed by atoms with E-state index in [9.17, 15) is 29.2 Å². The van der Waals surface area contributed by atoms with Crippen LogP contribution in [0.25, 0.3) is 0 Å². The van der Waals surface area contributed by atoms with Crippen molar-refractivity contribution in [1.82, 2.24) is 0 Å². The number of amides is 1. The molecule has 0 aromatic heterocycles. The van der Waals surface area contributed by atoms with Gasteiger partial charge in [0.05, 0.1) is 17.0 Å². The number of nitro benzene ring substituents is 1. The predicted octanol–water partition coefficient (Wildman–Crippen LogP) is 2.56. The zero-order chi connectivity index (χ0) is 19.1. The summed E-state index contributed by atoms with van der Waals surface area (Å²) in [5, 5.41) is 22.0. The van der Waals surface area contributed by atoms with Gasteiger partial charge in [-0.15, -0.1) is 0 Å². The Kier molecular flexibility index (Phi) is 4.29. The quantitative estimate of drug-likeness (QED) is 0.503. The molecule has 0 saturated heterocycles. The summed E-state index contributed by atoms with van der Waals surface area (Å²) in [6.45, 7) is 1.92. The molecule has 0 fully saturated rings. The van der Waals surface area contributed by atoms with Crippen LogP contribution in [0.5, 0.6) is 0 Å². The molecule has 0 bridgehead atoms. The first kappa shape index (κ1) is 17.7. The molecule has 2 aromatic rings. The van der Waals surface area contributed by atoms with Gasteiger partial charge in [-0.2, -0.15) is 0 Å². The summed E-state index contributed by atoms with van der Waals surface area (Å²) < 4.78 is 13.0. The Labute approximate surface area is 147 Å². The molecule has 1 aliphatic rings. The Morgan fingerprint density at radius 2 is 1.92 bits per heavy atom. The highest BCUT2D eigenvalue weighted by Crippen LogP contribution is 2.44. The average molecular weight is 358 g/mol. The third-order valence-electron chi connectivity index (χ3n) is 4.43. The molecule has 134 valence electrons. The Morgan fingerprint density at radius 1 is 1.27 bits per heavy atom. The summed E-state index contributed by atoms with van der Waals surface area (Å²) in [7, 11) is 0. The second kappa shape index (κ2) is 6.30. The number of carbonyl (C=O) groups is 2. The van der Waals surface area contributed by atoms with Gasteiger partial charge >= 0.3 is 0 Å². The first-order valence-corrected chi connectivity index (χ1v) is 7.90. The molecule has 1 heterocycles. The van der Waals surface area contributed by atoms with E-state index in [2.05, 4.69) is 0 Å². The monoisotopic (exact) mass is 358 g/mol. The minimum Gasteiger partial charge on any atom is -0.375 e. The highest BCUT2D eigenvalue weighted by Gasteiger charge is 2.51. The van der Waals surface area contributed by atoms with E-state index < -0.39 is 34.5 Å². The highest BCUT2D eigenvalue weighted by molar-refractivity contribution is 6.10. The van der Waals surface area contributed by atoms with E-state index in [1.807, 2.05) is 0 Å². The van der Waals surface area contributed by atoms with Gasteiger partial charge in [-0.3, -0.25) is 19.7 Å². The minimum atomic E-state index is -2.21. The fourth-order valence-corrected chi connectivity index (χ4v) is 3.11. The number of rotatable bonds is 5. The fraction of sp³-hybridized carbons (Fsp3) is 0.222. The molecule has 2 aromatic carbocycles. The van der Waals surface area contributed by atoms with Crippen molar-refractivity contribution in [1.29, 1.82) is 0 Å². The number of nitrogens with zero attached hydrogens (tertiary/aromatic N) is 2. The van der Waals surface area contributed by atoms with Crippen LogP contribution in [-0.2, 0) is 10.4 Å². The molecule has 8 heteroatoms. The predicted molar refractivity (Wildman–Crippen MR) is 90.4 cm³/mol. The number of carbonyl (C=O) groups excluding carboxylic acids is 2. The molecule has 0 unspecified atom stereocenters. The van der Waals surface area contributed by atoms with E-state index in [0.29, 0.717) is 5.69 Å². The number of benzene rings is 2. The molecule has 1 atom stereocenters. The van der Waals surface area contributed by atoms with E-state index in [1.165, 1.54) is 29.2 Å². The largest absolute Gasteiger partial charge is 0.375 e. The lowest BCUT2D eigenvalue weighted by atomic mass is 9.88. The summed E-state index contributed by atoms with van der Waals surface area (Å²) in [6.07, 6.45) is -0.595. The number of non-ortho nitro benzene ring substituents is 1. The Morgan fingerprint density at radius 3 is 2.50 bits per heavy atom. The van der Waals surface area contributed by atoms with Crippen molar-refractivity contribution in [3.63, 3.8) is 0 Å². The van der Waals surface area contributed by atoms with Gasteiger partial charge in [-0.05, 0) is 37.3 Å². The van der Waals surface area contributed by atoms with Gasteiger partial charge in [0.25, 0.3) is 11.6 Å². The van der Waals surface area contributed by atoms with Crippen LogP contribution in [0.2, 0.25) is 0 Å². The Bertz CT molecular complexity index is 912. The molecular weight excluding hydrogens is 343 g/mol. The molecule has 0 saturated carbocycles. The number of ketones is 1. The molecule has 3 rings (SSSR count). The molecule has 0 radical (unpaired) electrons. The van der Waals surface area contributed by atoms with Crippen molar-refractivity contribution in [2.75, 3.05) is 11.4 Å². The van der Waals surface area contributed by atoms with E-state index in [1.54, 1.807) is 6.92 Å². The van der Waals surface area contributed by atoms with Crippen LogP contribution in [0.15, 0.2) is 42.5 Å². The highest BCUT2D eigenvalue weighted by atomic mass is 19.1. The number of aliphatic hydroxyl groups is 1. The molecule has 1 amide bonds. The summed E-state index contributed by atoms with van der Waals surface area (Å²) in [5.74, 6) is -1.81. The molecule has 26 heavy (non-hydrogen) atoms. The van der Waals surface area contributed by atoms with Crippen LogP contribution >= 0.6 is 0 Å². The van der Waals surface area contributed by atoms with Crippen molar-refractivity contribution in [2.45, 2.75) is 18.9 Å². The van der Waals surface area contributed by atoms with Crippen LogP contribution in [0.4, 0.5) is 15.8 Å². The second-order valence-corrected chi connectivity index (χ2v) is 5.98. The second-order valence-electron chi connectivity index (χ2n) is 5.98. The zero-order valence-electron chi connectivity index (χ0n) is 13.8. The number of hydrogen-bond donors (Lipinski definition) is 1. The molecule has 1 aliphatic heterocycles. The number of hydrogen-bond acceptors (Lipinski definition) is 5. The third kappa shape index (κ3) is 2.74. The van der Waals surface area contributed by atoms with Gasteiger partial charge in [-0.25, -0.2) is 4.39 Å². The summed E-state index contributed by atoms with van der Waals surface area (Å²) in [5.41, 5.74) is -2.01. The maximum Gasteiger partial charge on any atom is 0.269 e. The zero-order valence-corrected chi connectivity index (χ0v) is 13.8. The lowest BCUT2D eigenvalue weighted by Gasteiger charge is -2.22. The van der Waals surface area contributed by atoms with Crippen molar-refractivity contribution in [3.05, 3.63) is 69.5 Å². The van der Waals surface area contributed by atoms with E-state index in [0.717, 1.165) is 18.2 Å². The van der Waals surface area contributed by atoms with Gasteiger partial charge in [0.2, 0.25) is 0 Å². The Hall–Kier alpha value is -3.13. The van der Waals surface area contributed by atoms with Crippen molar-refractivity contribution in [2.24, 2.45) is 0 Å². The first-order chi connectivity index (χ1) is 12.3. The topological polar surface area (TPSA) is 101 Å². The van der Waals surface area contributed by atoms with Crippen LogP contribution < -0.4 is 4.90 Å². The van der Waals surface area contributed by atoms with E-state index in [4.69, 9.17) is 0 Å². The molecule has 1 N–H and O–H groups in total. The number of Topliss-reactive ketones (excluding diaryl/α,β-unsaturated/α-hetero) is 1. The smallest absolute Gasteiger partial charge is 0.269 e. The SMILES string of the molecule is CCN1C(=O)[C@](O)(CC(=O)c2ccc(F)cc2)c2cc([N+](=O)[O-])ccc21. The minimum absolute atomic E-state index is 0.0222. The van der Waals surface area contributed by atoms with Crippen LogP contribution in [0.1, 0.15) is 29.3 Å². The van der Waals surface area contributed by atoms with Crippen molar-refractivity contribution < 1.29 is 24.0 Å². The lowest BCUT2D eigenvalue weighted by molar-refractivity contribution is -0.385. The van der Waals surface area contributed by atoms with Gasteiger partial charge < -0.3 is 10.0 Å². The van der Waals surface area contributed by atoms with Crippen molar-refractivity contribution >= 4 is 23.1 Å². The van der Waals surface area contributed by atoms with Crippen LogP contribution in [0.3, 0.4) is 0 Å². The van der Waals surface area contributed by atoms with Crippen molar-refractivity contribution in [3.8, 4) is 0 Å². The number of fused-ring (bicyclic) bond motifs is 1. The normalized spacial score (nSPS) is 18.7. The Balaban J connectivity index is 2.04. The van der Waals surface area contributed by atoms with Crippen LogP contribution in [0, 0.1) is 15.9 Å². The summed E-state index contributed by atoms with van der Waals surface area (Å²) in [4.78, 5) is 36.9. The number of nitro groups is 1. The van der Waals surface area contributed by atoms with E-state index >= 15 is 0 Å². The summed E-state index contributed by atoms with van der Waals surface area (Å²) in [6, 6.07) is 8.45. The number of halogens is 1. The molecular formula is C18H15FN2O5. The molecule has 0 aliphatic carbocycles. The number of likely N-dealkylation sites (N-methyl/N-ethyl adjacent to an activating group) is 1. The third-order valence-corrected chi connectivity index (χ3v) is 4.43. The number of anilines is 1. The van der Waals surface area contributed by atoms with Gasteiger partial charge in [0.15, 0.2) is 11.4 Å². The van der Waals surface area contributed by atoms with Gasteiger partial charge in [-0.1, -0.05) is 0 Å². The standard InChI is InChI=1S/C18H15FN2O5/c1-2-20-15-8-7-13(21(25)26)9-14(15)18(24,17(20)23)10-16(22)11-3-5-12(19)6-4-11/h3-9,24H,2,10H2,1H3/t18-/m0/s1. The van der Waals surface area contributed by atoms with Crippen LogP contribution in [-0.4, -0.2) is 28.3 Å². The molecule has 7 nitrogen and oxygen atoms in total. The average Bonchev–Trinajstić information content (AvgIpc) is 2.82. The maximum atomic E-state index is 13.0. The fourth-order valence-electron chi connectivity index (χ4n) is 3.11. The van der Waals surface area contributed by atoms with Gasteiger partial charge in [0.1, 0.15) is 5.82 Å².